The van der Waals surface area contributed by atoms with Gasteiger partial charge in [0, 0.05) is 11.9 Å². The number of halogens is 1. The first kappa shape index (κ1) is 15.2. The minimum Gasteiger partial charge on any atom is -0.315 e. The lowest BCUT2D eigenvalue weighted by molar-refractivity contribution is 0.360. The zero-order valence-electron chi connectivity index (χ0n) is 11.1. The Labute approximate surface area is 101 Å². The van der Waals surface area contributed by atoms with E-state index >= 15 is 0 Å². The molecule has 0 aromatic rings. The highest BCUT2D eigenvalue weighted by Gasteiger charge is 2.15. The first-order chi connectivity index (χ1) is 6.90. The molecule has 0 bridgehead atoms. The fraction of sp³-hybridized carbons (Fsp3) is 1.00. The minimum absolute atomic E-state index is 0.292. The van der Waals surface area contributed by atoms with Crippen LogP contribution in [0, 0.1) is 11.3 Å². The minimum atomic E-state index is 0.292. The van der Waals surface area contributed by atoms with E-state index in [9.17, 15) is 0 Å². The summed E-state index contributed by atoms with van der Waals surface area (Å²) in [6, 6.07) is 0. The SMILES string of the molecule is CCC(CC)C(Cl)CNCCC(C)(C)C. The molecule has 0 aromatic heterocycles. The lowest BCUT2D eigenvalue weighted by Gasteiger charge is -2.22. The van der Waals surface area contributed by atoms with Crippen molar-refractivity contribution in [3.05, 3.63) is 0 Å². The molecule has 1 atom stereocenters. The zero-order chi connectivity index (χ0) is 11.9. The van der Waals surface area contributed by atoms with Gasteiger partial charge in [-0.3, -0.25) is 0 Å². The van der Waals surface area contributed by atoms with Crippen LogP contribution in [0.2, 0.25) is 0 Å². The second kappa shape index (κ2) is 7.51. The summed E-state index contributed by atoms with van der Waals surface area (Å²) in [5.41, 5.74) is 0.420. The highest BCUT2D eigenvalue weighted by Crippen LogP contribution is 2.19. The van der Waals surface area contributed by atoms with Gasteiger partial charge in [-0.15, -0.1) is 11.6 Å². The van der Waals surface area contributed by atoms with E-state index < -0.39 is 0 Å². The molecule has 0 heterocycles. The summed E-state index contributed by atoms with van der Waals surface area (Å²) in [7, 11) is 0. The Morgan fingerprint density at radius 3 is 2.07 bits per heavy atom. The van der Waals surface area contributed by atoms with Crippen LogP contribution >= 0.6 is 11.6 Å². The fourth-order valence-electron chi connectivity index (χ4n) is 1.67. The Bertz CT molecular complexity index is 147. The Balaban J connectivity index is 3.58. The van der Waals surface area contributed by atoms with Gasteiger partial charge in [-0.05, 0) is 24.3 Å². The monoisotopic (exact) mass is 233 g/mol. The van der Waals surface area contributed by atoms with Crippen LogP contribution in [-0.2, 0) is 0 Å². The second-order valence-electron chi connectivity index (χ2n) is 5.61. The Morgan fingerprint density at radius 2 is 1.67 bits per heavy atom. The molecule has 1 unspecified atom stereocenters. The van der Waals surface area contributed by atoms with E-state index in [4.69, 9.17) is 11.6 Å². The van der Waals surface area contributed by atoms with Crippen molar-refractivity contribution < 1.29 is 0 Å². The molecular weight excluding hydrogens is 206 g/mol. The number of hydrogen-bond donors (Lipinski definition) is 1. The van der Waals surface area contributed by atoms with Crippen molar-refractivity contribution >= 4 is 11.6 Å². The highest BCUT2D eigenvalue weighted by molar-refractivity contribution is 6.21. The molecule has 0 rings (SSSR count). The van der Waals surface area contributed by atoms with E-state index in [2.05, 4.69) is 39.9 Å². The van der Waals surface area contributed by atoms with Crippen molar-refractivity contribution in [3.8, 4) is 0 Å². The summed E-state index contributed by atoms with van der Waals surface area (Å²) in [6.07, 6.45) is 3.58. The molecule has 0 saturated heterocycles. The fourth-order valence-corrected chi connectivity index (χ4v) is 2.14. The first-order valence-electron chi connectivity index (χ1n) is 6.25. The predicted molar refractivity (Wildman–Crippen MR) is 70.7 cm³/mol. The van der Waals surface area contributed by atoms with Crippen LogP contribution in [0.15, 0.2) is 0 Å². The van der Waals surface area contributed by atoms with Crippen LogP contribution in [0.3, 0.4) is 0 Å². The van der Waals surface area contributed by atoms with Crippen molar-refractivity contribution in [3.63, 3.8) is 0 Å². The Morgan fingerprint density at radius 1 is 1.13 bits per heavy atom. The van der Waals surface area contributed by atoms with Crippen LogP contribution in [0.1, 0.15) is 53.9 Å². The van der Waals surface area contributed by atoms with Crippen LogP contribution in [0.4, 0.5) is 0 Å². The molecule has 0 amide bonds. The van der Waals surface area contributed by atoms with Gasteiger partial charge in [0.1, 0.15) is 0 Å². The van der Waals surface area contributed by atoms with Crippen LogP contribution in [-0.4, -0.2) is 18.5 Å². The maximum atomic E-state index is 6.33. The summed E-state index contributed by atoms with van der Waals surface area (Å²) < 4.78 is 0. The normalized spacial score (nSPS) is 14.6. The van der Waals surface area contributed by atoms with Crippen molar-refractivity contribution in [1.82, 2.24) is 5.32 Å². The standard InChI is InChI=1S/C13H28ClN/c1-6-11(7-2)12(14)10-15-9-8-13(3,4)5/h11-12,15H,6-10H2,1-5H3. The van der Waals surface area contributed by atoms with Gasteiger partial charge in [-0.2, -0.15) is 0 Å². The summed E-state index contributed by atoms with van der Waals surface area (Å²) in [6.45, 7) is 13.3. The molecule has 1 N–H and O–H groups in total. The Hall–Kier alpha value is 0.250. The van der Waals surface area contributed by atoms with Gasteiger partial charge in [0.05, 0.1) is 0 Å². The quantitative estimate of drug-likeness (QED) is 0.517. The van der Waals surface area contributed by atoms with Gasteiger partial charge in [-0.1, -0.05) is 47.5 Å². The van der Waals surface area contributed by atoms with Gasteiger partial charge in [0.2, 0.25) is 0 Å². The summed E-state index contributed by atoms with van der Waals surface area (Å²) in [5, 5.41) is 3.75. The molecule has 2 heteroatoms. The number of alkyl halides is 1. The van der Waals surface area contributed by atoms with Crippen LogP contribution in [0.25, 0.3) is 0 Å². The lowest BCUT2D eigenvalue weighted by Crippen LogP contribution is -2.30. The van der Waals surface area contributed by atoms with E-state index in [0.717, 1.165) is 13.1 Å². The van der Waals surface area contributed by atoms with Crippen molar-refractivity contribution in [2.45, 2.75) is 59.3 Å². The summed E-state index contributed by atoms with van der Waals surface area (Å²) in [4.78, 5) is 0. The Kier molecular flexibility index (Phi) is 7.64. The number of nitrogens with one attached hydrogen (secondary N) is 1. The van der Waals surface area contributed by atoms with E-state index in [-0.39, 0.29) is 0 Å². The van der Waals surface area contributed by atoms with E-state index in [1.807, 2.05) is 0 Å². The average molecular weight is 234 g/mol. The third kappa shape index (κ3) is 8.10. The van der Waals surface area contributed by atoms with Gasteiger partial charge in [0.25, 0.3) is 0 Å². The molecule has 0 aliphatic carbocycles. The molecule has 0 saturated carbocycles. The molecule has 15 heavy (non-hydrogen) atoms. The van der Waals surface area contributed by atoms with E-state index in [0.29, 0.717) is 16.7 Å². The molecular formula is C13H28ClN. The van der Waals surface area contributed by atoms with Crippen LogP contribution in [0.5, 0.6) is 0 Å². The maximum absolute atomic E-state index is 6.33. The van der Waals surface area contributed by atoms with Gasteiger partial charge >= 0.3 is 0 Å². The molecule has 0 aliphatic heterocycles. The highest BCUT2D eigenvalue weighted by atomic mass is 35.5. The van der Waals surface area contributed by atoms with Crippen LogP contribution < -0.4 is 5.32 Å². The number of rotatable bonds is 7. The molecule has 0 aliphatic rings. The molecule has 0 radical (unpaired) electrons. The maximum Gasteiger partial charge on any atom is 0.0488 e. The van der Waals surface area contributed by atoms with Gasteiger partial charge < -0.3 is 5.32 Å². The molecule has 92 valence electrons. The van der Waals surface area contributed by atoms with Gasteiger partial charge in [-0.25, -0.2) is 0 Å². The molecule has 1 nitrogen and oxygen atoms in total. The lowest BCUT2D eigenvalue weighted by atomic mass is 9.92. The average Bonchev–Trinajstić information content (AvgIpc) is 2.13. The predicted octanol–water partition coefficient (Wildman–Crippen LogP) is 4.06. The van der Waals surface area contributed by atoms with Crippen molar-refractivity contribution in [2.75, 3.05) is 13.1 Å². The largest absolute Gasteiger partial charge is 0.315 e. The third-order valence-electron chi connectivity index (χ3n) is 2.95. The van der Waals surface area contributed by atoms with E-state index in [1.54, 1.807) is 0 Å². The van der Waals surface area contributed by atoms with Crippen molar-refractivity contribution in [1.29, 1.82) is 0 Å². The van der Waals surface area contributed by atoms with Gasteiger partial charge in [0.15, 0.2) is 0 Å². The summed E-state index contributed by atoms with van der Waals surface area (Å²) in [5.74, 6) is 0.661. The molecule has 0 fully saturated rings. The molecule has 0 aromatic carbocycles. The second-order valence-corrected chi connectivity index (χ2v) is 6.17. The first-order valence-corrected chi connectivity index (χ1v) is 6.69. The number of hydrogen-bond acceptors (Lipinski definition) is 1. The summed E-state index contributed by atoms with van der Waals surface area (Å²) >= 11 is 6.33. The van der Waals surface area contributed by atoms with Crippen molar-refractivity contribution in [2.24, 2.45) is 11.3 Å². The zero-order valence-corrected chi connectivity index (χ0v) is 11.8. The van der Waals surface area contributed by atoms with E-state index in [1.165, 1.54) is 19.3 Å². The topological polar surface area (TPSA) is 12.0 Å². The third-order valence-corrected chi connectivity index (χ3v) is 3.46. The molecule has 0 spiro atoms. The smallest absolute Gasteiger partial charge is 0.0488 e.